The van der Waals surface area contributed by atoms with Crippen LogP contribution < -0.4 is 14.4 Å². The topological polar surface area (TPSA) is 101 Å². The Balaban J connectivity index is 1.45. The summed E-state index contributed by atoms with van der Waals surface area (Å²) in [7, 11) is -2.23. The largest absolute Gasteiger partial charge is 0.437 e. The normalized spacial score (nSPS) is 11.0. The van der Waals surface area contributed by atoms with Crippen molar-refractivity contribution in [2.24, 2.45) is 0 Å². The van der Waals surface area contributed by atoms with Gasteiger partial charge in [0.25, 0.3) is 15.9 Å². The van der Waals surface area contributed by atoms with E-state index in [0.29, 0.717) is 28.6 Å². The van der Waals surface area contributed by atoms with Crippen LogP contribution in [0.15, 0.2) is 96.3 Å². The van der Waals surface area contributed by atoms with Gasteiger partial charge in [0.1, 0.15) is 5.75 Å². The minimum absolute atomic E-state index is 0.200. The average Bonchev–Trinajstić information content (AvgIpc) is 2.85. The molecule has 4 rings (SSSR count). The summed E-state index contributed by atoms with van der Waals surface area (Å²) in [5.74, 6) is 0.495. The first-order valence-corrected chi connectivity index (χ1v) is 11.8. The predicted octanol–water partition coefficient (Wildman–Crippen LogP) is 4.65. The number of nitrogens with zero attached hydrogens (tertiary/aromatic N) is 3. The van der Waals surface area contributed by atoms with Crippen molar-refractivity contribution in [3.8, 4) is 11.6 Å². The van der Waals surface area contributed by atoms with Crippen LogP contribution in [0.4, 0.5) is 11.4 Å². The van der Waals surface area contributed by atoms with Gasteiger partial charge in [-0.15, -0.1) is 0 Å². The molecule has 34 heavy (non-hydrogen) atoms. The summed E-state index contributed by atoms with van der Waals surface area (Å²) >= 11 is 0. The third-order valence-electron chi connectivity index (χ3n) is 5.03. The summed E-state index contributed by atoms with van der Waals surface area (Å²) < 4.78 is 32.6. The van der Waals surface area contributed by atoms with Crippen molar-refractivity contribution in [2.75, 3.05) is 16.7 Å². The van der Waals surface area contributed by atoms with E-state index >= 15 is 0 Å². The Kier molecular flexibility index (Phi) is 6.55. The molecule has 1 aromatic heterocycles. The molecule has 3 aromatic carbocycles. The van der Waals surface area contributed by atoms with Crippen LogP contribution >= 0.6 is 0 Å². The SMILES string of the molecule is Cc1ccc(S(=O)(=O)N(C)c2ccc(C(=O)Nc3cccc(Oc4cnccn4)c3)cc2)cc1. The molecule has 0 saturated carbocycles. The van der Waals surface area contributed by atoms with Gasteiger partial charge in [-0.2, -0.15) is 0 Å². The van der Waals surface area contributed by atoms with Gasteiger partial charge >= 0.3 is 0 Å². The number of benzene rings is 3. The summed E-state index contributed by atoms with van der Waals surface area (Å²) in [4.78, 5) is 20.9. The first-order valence-electron chi connectivity index (χ1n) is 10.3. The van der Waals surface area contributed by atoms with Crippen LogP contribution in [-0.4, -0.2) is 31.3 Å². The molecule has 0 radical (unpaired) electrons. The molecule has 0 aliphatic rings. The summed E-state index contributed by atoms with van der Waals surface area (Å²) in [5, 5.41) is 2.81. The van der Waals surface area contributed by atoms with E-state index in [9.17, 15) is 13.2 Å². The van der Waals surface area contributed by atoms with E-state index in [2.05, 4.69) is 15.3 Å². The van der Waals surface area contributed by atoms with Crippen molar-refractivity contribution < 1.29 is 17.9 Å². The average molecular weight is 475 g/mol. The molecule has 0 atom stereocenters. The zero-order chi connectivity index (χ0) is 24.1. The lowest BCUT2D eigenvalue weighted by atomic mass is 10.2. The summed E-state index contributed by atoms with van der Waals surface area (Å²) in [5.41, 5.74) is 2.33. The molecule has 0 saturated heterocycles. The number of hydrogen-bond donors (Lipinski definition) is 1. The number of amides is 1. The highest BCUT2D eigenvalue weighted by Gasteiger charge is 2.21. The Bertz CT molecular complexity index is 1390. The molecule has 1 amide bonds. The number of anilines is 2. The number of hydrogen-bond acceptors (Lipinski definition) is 6. The fourth-order valence-corrected chi connectivity index (χ4v) is 4.32. The van der Waals surface area contributed by atoms with E-state index in [1.54, 1.807) is 79.0 Å². The van der Waals surface area contributed by atoms with Gasteiger partial charge in [-0.05, 0) is 55.5 Å². The van der Waals surface area contributed by atoms with Crippen LogP contribution in [0.2, 0.25) is 0 Å². The maximum absolute atomic E-state index is 12.9. The van der Waals surface area contributed by atoms with E-state index in [1.807, 2.05) is 6.92 Å². The van der Waals surface area contributed by atoms with E-state index < -0.39 is 10.0 Å². The summed E-state index contributed by atoms with van der Waals surface area (Å²) in [6.07, 6.45) is 4.56. The van der Waals surface area contributed by atoms with Crippen LogP contribution in [0.1, 0.15) is 15.9 Å². The second-order valence-electron chi connectivity index (χ2n) is 7.46. The standard InChI is InChI=1S/C25H22N4O4S/c1-18-6-12-23(13-7-18)34(31,32)29(2)21-10-8-19(9-11-21)25(30)28-20-4-3-5-22(16-20)33-24-17-26-14-15-27-24/h3-17H,1-2H3,(H,28,30). The fraction of sp³-hybridized carbons (Fsp3) is 0.0800. The lowest BCUT2D eigenvalue weighted by Gasteiger charge is -2.20. The lowest BCUT2D eigenvalue weighted by molar-refractivity contribution is 0.102. The highest BCUT2D eigenvalue weighted by atomic mass is 32.2. The van der Waals surface area contributed by atoms with Crippen molar-refractivity contribution in [1.82, 2.24) is 9.97 Å². The van der Waals surface area contributed by atoms with Crippen molar-refractivity contribution in [2.45, 2.75) is 11.8 Å². The predicted molar refractivity (Wildman–Crippen MR) is 130 cm³/mol. The molecule has 172 valence electrons. The fourth-order valence-electron chi connectivity index (χ4n) is 3.13. The van der Waals surface area contributed by atoms with Gasteiger partial charge in [0.15, 0.2) is 0 Å². The van der Waals surface area contributed by atoms with E-state index in [-0.39, 0.29) is 10.8 Å². The van der Waals surface area contributed by atoms with Gasteiger partial charge in [-0.1, -0.05) is 23.8 Å². The number of ether oxygens (including phenoxy) is 1. The molecular formula is C25H22N4O4S. The van der Waals surface area contributed by atoms with Crippen molar-refractivity contribution in [3.05, 3.63) is 103 Å². The van der Waals surface area contributed by atoms with Gasteiger partial charge in [-0.25, -0.2) is 13.4 Å². The molecule has 0 spiro atoms. The Hall–Kier alpha value is -4.24. The molecule has 0 unspecified atom stereocenters. The molecule has 8 nitrogen and oxygen atoms in total. The second-order valence-corrected chi connectivity index (χ2v) is 9.43. The molecule has 9 heteroatoms. The van der Waals surface area contributed by atoms with Crippen LogP contribution in [0.25, 0.3) is 0 Å². The lowest BCUT2D eigenvalue weighted by Crippen LogP contribution is -2.26. The monoisotopic (exact) mass is 474 g/mol. The molecule has 0 aliphatic carbocycles. The van der Waals surface area contributed by atoms with Crippen molar-refractivity contribution >= 4 is 27.3 Å². The Labute approximate surface area is 197 Å². The minimum Gasteiger partial charge on any atom is -0.437 e. The molecule has 1 N–H and O–H groups in total. The molecule has 0 aliphatic heterocycles. The van der Waals surface area contributed by atoms with Gasteiger partial charge < -0.3 is 10.1 Å². The molecule has 0 bridgehead atoms. The summed E-state index contributed by atoms with van der Waals surface area (Å²) in [6.45, 7) is 1.89. The third-order valence-corrected chi connectivity index (χ3v) is 6.83. The maximum atomic E-state index is 12.9. The van der Waals surface area contributed by atoms with Crippen LogP contribution in [0.5, 0.6) is 11.6 Å². The minimum atomic E-state index is -3.71. The smallest absolute Gasteiger partial charge is 0.264 e. The van der Waals surface area contributed by atoms with Crippen LogP contribution in [-0.2, 0) is 10.0 Å². The van der Waals surface area contributed by atoms with Gasteiger partial charge in [0.2, 0.25) is 5.88 Å². The van der Waals surface area contributed by atoms with E-state index in [1.165, 1.54) is 23.7 Å². The molecular weight excluding hydrogens is 452 g/mol. The third kappa shape index (κ3) is 5.21. The number of nitrogens with one attached hydrogen (secondary N) is 1. The van der Waals surface area contributed by atoms with E-state index in [0.717, 1.165) is 5.56 Å². The molecule has 4 aromatic rings. The molecule has 0 fully saturated rings. The quantitative estimate of drug-likeness (QED) is 0.418. The number of aromatic nitrogens is 2. The Morgan fingerprint density at radius 3 is 2.38 bits per heavy atom. The number of carbonyl (C=O) groups is 1. The number of aryl methyl sites for hydroxylation is 1. The van der Waals surface area contributed by atoms with Crippen molar-refractivity contribution in [3.63, 3.8) is 0 Å². The Morgan fingerprint density at radius 1 is 0.971 bits per heavy atom. The van der Waals surface area contributed by atoms with E-state index in [4.69, 9.17) is 4.74 Å². The number of carbonyl (C=O) groups excluding carboxylic acids is 1. The number of rotatable bonds is 7. The van der Waals surface area contributed by atoms with Gasteiger partial charge in [0, 0.05) is 36.8 Å². The van der Waals surface area contributed by atoms with Gasteiger partial charge in [0.05, 0.1) is 16.8 Å². The van der Waals surface area contributed by atoms with Crippen LogP contribution in [0, 0.1) is 6.92 Å². The van der Waals surface area contributed by atoms with Gasteiger partial charge in [-0.3, -0.25) is 14.1 Å². The number of sulfonamides is 1. The highest BCUT2D eigenvalue weighted by molar-refractivity contribution is 7.92. The zero-order valence-electron chi connectivity index (χ0n) is 18.5. The summed E-state index contributed by atoms with van der Waals surface area (Å²) in [6, 6.07) is 19.9. The van der Waals surface area contributed by atoms with Crippen molar-refractivity contribution in [1.29, 1.82) is 0 Å². The molecule has 1 heterocycles. The van der Waals surface area contributed by atoms with Crippen LogP contribution in [0.3, 0.4) is 0 Å². The second kappa shape index (κ2) is 9.72. The zero-order valence-corrected chi connectivity index (χ0v) is 19.4. The first kappa shape index (κ1) is 22.9. The maximum Gasteiger partial charge on any atom is 0.264 e. The Morgan fingerprint density at radius 2 is 1.71 bits per heavy atom. The first-order chi connectivity index (χ1) is 16.3. The highest BCUT2D eigenvalue weighted by Crippen LogP contribution is 2.24.